The molecule has 1 aromatic heterocycles. The van der Waals surface area contributed by atoms with Gasteiger partial charge in [0.2, 0.25) is 0 Å². The lowest BCUT2D eigenvalue weighted by Crippen LogP contribution is -2.41. The van der Waals surface area contributed by atoms with E-state index in [0.29, 0.717) is 6.04 Å². The molecule has 0 spiro atoms. The Morgan fingerprint density at radius 2 is 2.15 bits per heavy atom. The van der Waals surface area contributed by atoms with Crippen molar-refractivity contribution in [2.24, 2.45) is 0 Å². The lowest BCUT2D eigenvalue weighted by molar-refractivity contribution is -0.0115. The Kier molecular flexibility index (Phi) is 4.93. The largest absolute Gasteiger partial charge is 0.373 e. The zero-order valence-electron chi connectivity index (χ0n) is 13.6. The Labute approximate surface area is 127 Å². The van der Waals surface area contributed by atoms with Crippen LogP contribution in [0.15, 0.2) is 12.1 Å². The minimum absolute atomic E-state index is 0.0465. The van der Waals surface area contributed by atoms with Gasteiger partial charge >= 0.3 is 0 Å². The maximum absolute atomic E-state index is 6.09. The second-order valence-corrected chi connectivity index (χ2v) is 8.22. The highest BCUT2D eigenvalue weighted by molar-refractivity contribution is 7.12. The van der Waals surface area contributed by atoms with Crippen LogP contribution in [0.2, 0.25) is 0 Å². The summed E-state index contributed by atoms with van der Waals surface area (Å²) in [4.78, 5) is 2.88. The van der Waals surface area contributed by atoms with Gasteiger partial charge in [-0.25, -0.2) is 0 Å². The van der Waals surface area contributed by atoms with Crippen molar-refractivity contribution in [3.05, 3.63) is 21.9 Å². The molecule has 3 heteroatoms. The Morgan fingerprint density at radius 1 is 1.40 bits per heavy atom. The van der Waals surface area contributed by atoms with Crippen molar-refractivity contribution in [1.82, 2.24) is 5.32 Å². The van der Waals surface area contributed by atoms with Crippen molar-refractivity contribution in [2.45, 2.75) is 70.9 Å². The molecule has 0 bridgehead atoms. The fourth-order valence-corrected chi connectivity index (χ4v) is 4.13. The molecule has 2 atom stereocenters. The summed E-state index contributed by atoms with van der Waals surface area (Å²) in [7, 11) is 0. The van der Waals surface area contributed by atoms with Crippen LogP contribution < -0.4 is 5.32 Å². The lowest BCUT2D eigenvalue weighted by atomic mass is 9.91. The first-order valence-electron chi connectivity index (χ1n) is 7.84. The van der Waals surface area contributed by atoms with Crippen molar-refractivity contribution >= 4 is 11.3 Å². The van der Waals surface area contributed by atoms with Gasteiger partial charge in [0.25, 0.3) is 0 Å². The highest BCUT2D eigenvalue weighted by Crippen LogP contribution is 2.41. The van der Waals surface area contributed by atoms with Crippen LogP contribution in [-0.2, 0) is 10.2 Å². The number of nitrogens with one attached hydrogen (secondary N) is 1. The summed E-state index contributed by atoms with van der Waals surface area (Å²) in [6, 6.07) is 4.91. The van der Waals surface area contributed by atoms with Crippen molar-refractivity contribution in [2.75, 3.05) is 13.2 Å². The van der Waals surface area contributed by atoms with E-state index < -0.39 is 0 Å². The molecule has 1 N–H and O–H groups in total. The molecule has 1 fully saturated rings. The van der Waals surface area contributed by atoms with Crippen LogP contribution in [0.4, 0.5) is 0 Å². The van der Waals surface area contributed by atoms with Gasteiger partial charge in [-0.1, -0.05) is 27.7 Å². The van der Waals surface area contributed by atoms with Gasteiger partial charge in [0.05, 0.1) is 11.6 Å². The van der Waals surface area contributed by atoms with Gasteiger partial charge in [0, 0.05) is 16.4 Å². The molecule has 114 valence electrons. The third kappa shape index (κ3) is 3.44. The maximum Gasteiger partial charge on any atom is 0.0857 e. The van der Waals surface area contributed by atoms with E-state index >= 15 is 0 Å². The molecule has 20 heavy (non-hydrogen) atoms. The monoisotopic (exact) mass is 295 g/mol. The van der Waals surface area contributed by atoms with E-state index in [1.54, 1.807) is 0 Å². The molecule has 0 amide bonds. The first kappa shape index (κ1) is 16.0. The third-order valence-corrected chi connectivity index (χ3v) is 5.68. The molecule has 1 saturated heterocycles. The van der Waals surface area contributed by atoms with Crippen LogP contribution in [0.3, 0.4) is 0 Å². The van der Waals surface area contributed by atoms with E-state index in [4.69, 9.17) is 4.74 Å². The van der Waals surface area contributed by atoms with E-state index in [1.165, 1.54) is 16.2 Å². The molecule has 1 aliphatic heterocycles. The summed E-state index contributed by atoms with van der Waals surface area (Å²) < 4.78 is 6.09. The summed E-state index contributed by atoms with van der Waals surface area (Å²) in [5, 5.41) is 3.72. The van der Waals surface area contributed by atoms with Crippen LogP contribution >= 0.6 is 11.3 Å². The van der Waals surface area contributed by atoms with Crippen LogP contribution in [0.25, 0.3) is 0 Å². The molecule has 0 aliphatic carbocycles. The second-order valence-electron chi connectivity index (χ2n) is 7.10. The van der Waals surface area contributed by atoms with Gasteiger partial charge < -0.3 is 10.1 Å². The van der Waals surface area contributed by atoms with Crippen LogP contribution in [0.1, 0.15) is 69.7 Å². The van der Waals surface area contributed by atoms with E-state index in [0.717, 1.165) is 26.0 Å². The SMILES string of the molecule is CCCNC(c1ccc(C(C)(C)C)s1)C1(C)CCCO1. The van der Waals surface area contributed by atoms with E-state index in [-0.39, 0.29) is 11.0 Å². The van der Waals surface area contributed by atoms with Gasteiger partial charge in [0.1, 0.15) is 0 Å². The molecule has 0 saturated carbocycles. The predicted molar refractivity (Wildman–Crippen MR) is 87.6 cm³/mol. The molecule has 2 nitrogen and oxygen atoms in total. The fraction of sp³-hybridized carbons (Fsp3) is 0.765. The molecule has 1 aromatic rings. The van der Waals surface area contributed by atoms with Gasteiger partial charge in [-0.05, 0) is 50.3 Å². The molecule has 0 radical (unpaired) electrons. The smallest absolute Gasteiger partial charge is 0.0857 e. The summed E-state index contributed by atoms with van der Waals surface area (Å²) >= 11 is 1.94. The zero-order chi connectivity index (χ0) is 14.8. The number of hydrogen-bond acceptors (Lipinski definition) is 3. The minimum atomic E-state index is -0.0465. The van der Waals surface area contributed by atoms with Crippen LogP contribution in [0, 0.1) is 0 Å². The maximum atomic E-state index is 6.09. The highest BCUT2D eigenvalue weighted by atomic mass is 32.1. The van der Waals surface area contributed by atoms with Crippen molar-refractivity contribution in [1.29, 1.82) is 0 Å². The number of rotatable bonds is 5. The first-order chi connectivity index (χ1) is 9.37. The second kappa shape index (κ2) is 6.17. The van der Waals surface area contributed by atoms with Crippen molar-refractivity contribution in [3.63, 3.8) is 0 Å². The topological polar surface area (TPSA) is 21.3 Å². The van der Waals surface area contributed by atoms with E-state index in [9.17, 15) is 0 Å². The summed E-state index contributed by atoms with van der Waals surface area (Å²) in [6.45, 7) is 13.3. The molecular formula is C17H29NOS. The molecule has 2 heterocycles. The van der Waals surface area contributed by atoms with Gasteiger partial charge in [0.15, 0.2) is 0 Å². The van der Waals surface area contributed by atoms with Crippen LogP contribution in [-0.4, -0.2) is 18.8 Å². The molecule has 0 aromatic carbocycles. The standard InChI is InChI=1S/C17H29NOS/c1-6-11-18-15(17(5)10-7-12-19-17)13-8-9-14(20-13)16(2,3)4/h8-9,15,18H,6-7,10-12H2,1-5H3. The fourth-order valence-electron chi connectivity index (χ4n) is 2.85. The summed E-state index contributed by atoms with van der Waals surface area (Å²) in [5.74, 6) is 0. The number of ether oxygens (including phenoxy) is 1. The van der Waals surface area contributed by atoms with E-state index in [1.807, 2.05) is 11.3 Å². The number of thiophene rings is 1. The molecular weight excluding hydrogens is 266 g/mol. The lowest BCUT2D eigenvalue weighted by Gasteiger charge is -2.33. The molecule has 2 rings (SSSR count). The summed E-state index contributed by atoms with van der Waals surface area (Å²) in [6.07, 6.45) is 3.49. The highest BCUT2D eigenvalue weighted by Gasteiger charge is 2.40. The summed E-state index contributed by atoms with van der Waals surface area (Å²) in [5.41, 5.74) is 0.185. The molecule has 2 unspecified atom stereocenters. The predicted octanol–water partition coefficient (Wildman–Crippen LogP) is 4.66. The van der Waals surface area contributed by atoms with Crippen molar-refractivity contribution < 1.29 is 4.74 Å². The number of hydrogen-bond donors (Lipinski definition) is 1. The first-order valence-corrected chi connectivity index (χ1v) is 8.66. The quantitative estimate of drug-likeness (QED) is 0.853. The average Bonchev–Trinajstić information content (AvgIpc) is 2.99. The Morgan fingerprint density at radius 3 is 2.65 bits per heavy atom. The Bertz CT molecular complexity index is 426. The Hall–Kier alpha value is -0.380. The third-order valence-electron chi connectivity index (χ3n) is 4.11. The van der Waals surface area contributed by atoms with Crippen molar-refractivity contribution in [3.8, 4) is 0 Å². The van der Waals surface area contributed by atoms with Gasteiger partial charge in [-0.3, -0.25) is 0 Å². The minimum Gasteiger partial charge on any atom is -0.373 e. The molecule has 1 aliphatic rings. The van der Waals surface area contributed by atoms with E-state index in [2.05, 4.69) is 52.1 Å². The average molecular weight is 295 g/mol. The van der Waals surface area contributed by atoms with Gasteiger partial charge in [-0.2, -0.15) is 0 Å². The van der Waals surface area contributed by atoms with Gasteiger partial charge in [-0.15, -0.1) is 11.3 Å². The Balaban J connectivity index is 2.24. The zero-order valence-corrected chi connectivity index (χ0v) is 14.4. The normalized spacial score (nSPS) is 25.1. The van der Waals surface area contributed by atoms with Crippen LogP contribution in [0.5, 0.6) is 0 Å².